The summed E-state index contributed by atoms with van der Waals surface area (Å²) in [4.78, 5) is 8.65. The van der Waals surface area contributed by atoms with Crippen LogP contribution in [0.15, 0.2) is 54.7 Å². The predicted octanol–water partition coefficient (Wildman–Crippen LogP) is 5.58. The first-order valence-corrected chi connectivity index (χ1v) is 7.74. The van der Waals surface area contributed by atoms with E-state index in [9.17, 15) is 0 Å². The molecule has 0 radical (unpaired) electrons. The topological polar surface area (TPSA) is 49.8 Å². The Hall–Kier alpha value is -2.30. The summed E-state index contributed by atoms with van der Waals surface area (Å²) in [5.74, 6) is 1.12. The Balaban J connectivity index is 1.81. The number of rotatable bonds is 4. The zero-order valence-electron chi connectivity index (χ0n) is 12.3. The van der Waals surface area contributed by atoms with Crippen molar-refractivity contribution in [3.8, 4) is 0 Å². The minimum Gasteiger partial charge on any atom is -0.339 e. The second-order valence-corrected chi connectivity index (χ2v) is 5.85. The molecule has 1 aromatic heterocycles. The maximum Gasteiger partial charge on any atom is 0.229 e. The lowest BCUT2D eigenvalue weighted by atomic mass is 10.2. The average molecular weight is 345 g/mol. The summed E-state index contributed by atoms with van der Waals surface area (Å²) in [5.41, 5.74) is 2.79. The number of aromatic nitrogens is 2. The molecule has 4 nitrogen and oxygen atoms in total. The van der Waals surface area contributed by atoms with Crippen LogP contribution in [0, 0.1) is 6.92 Å². The Bertz CT molecular complexity index is 836. The Labute approximate surface area is 144 Å². The zero-order chi connectivity index (χ0) is 16.2. The number of halogens is 2. The minimum absolute atomic E-state index is 0.499. The number of nitrogens with one attached hydrogen (secondary N) is 2. The van der Waals surface area contributed by atoms with E-state index in [-0.39, 0.29) is 0 Å². The van der Waals surface area contributed by atoms with Gasteiger partial charge >= 0.3 is 0 Å². The van der Waals surface area contributed by atoms with Crippen LogP contribution in [0.25, 0.3) is 0 Å². The molecule has 0 atom stereocenters. The molecule has 3 aromatic rings. The van der Waals surface area contributed by atoms with E-state index in [4.69, 9.17) is 23.2 Å². The van der Waals surface area contributed by atoms with E-state index in [0.717, 1.165) is 11.3 Å². The Morgan fingerprint density at radius 1 is 0.957 bits per heavy atom. The second kappa shape index (κ2) is 6.86. The van der Waals surface area contributed by atoms with Crippen molar-refractivity contribution in [1.82, 2.24) is 9.97 Å². The summed E-state index contributed by atoms with van der Waals surface area (Å²) in [7, 11) is 0. The van der Waals surface area contributed by atoms with Crippen molar-refractivity contribution in [2.75, 3.05) is 10.6 Å². The smallest absolute Gasteiger partial charge is 0.229 e. The van der Waals surface area contributed by atoms with Gasteiger partial charge in [0.05, 0.1) is 10.7 Å². The average Bonchev–Trinajstić information content (AvgIpc) is 2.51. The monoisotopic (exact) mass is 344 g/mol. The maximum absolute atomic E-state index is 6.15. The summed E-state index contributed by atoms with van der Waals surface area (Å²) in [5, 5.41) is 7.49. The highest BCUT2D eigenvalue weighted by Crippen LogP contribution is 2.28. The quantitative estimate of drug-likeness (QED) is 0.648. The van der Waals surface area contributed by atoms with Crippen LogP contribution in [0.5, 0.6) is 0 Å². The number of hydrogen-bond donors (Lipinski definition) is 2. The number of benzene rings is 2. The van der Waals surface area contributed by atoms with Gasteiger partial charge in [0.25, 0.3) is 0 Å². The molecule has 0 aliphatic rings. The van der Waals surface area contributed by atoms with Crippen molar-refractivity contribution < 1.29 is 0 Å². The van der Waals surface area contributed by atoms with Gasteiger partial charge in [-0.15, -0.1) is 0 Å². The van der Waals surface area contributed by atoms with Crippen LogP contribution in [0.2, 0.25) is 10.0 Å². The second-order valence-electron chi connectivity index (χ2n) is 5.01. The van der Waals surface area contributed by atoms with Gasteiger partial charge in [0.2, 0.25) is 5.95 Å². The molecule has 0 aliphatic carbocycles. The minimum atomic E-state index is 0.499. The number of anilines is 4. The third kappa shape index (κ3) is 4.12. The van der Waals surface area contributed by atoms with Gasteiger partial charge in [-0.3, -0.25) is 0 Å². The van der Waals surface area contributed by atoms with E-state index in [2.05, 4.69) is 20.6 Å². The molecule has 0 aliphatic heterocycles. The fourth-order valence-corrected chi connectivity index (χ4v) is 2.41. The first-order chi connectivity index (χ1) is 11.1. The molecule has 0 amide bonds. The van der Waals surface area contributed by atoms with E-state index >= 15 is 0 Å². The molecule has 0 fully saturated rings. The van der Waals surface area contributed by atoms with Crippen molar-refractivity contribution in [2.24, 2.45) is 0 Å². The van der Waals surface area contributed by atoms with E-state index < -0.39 is 0 Å². The molecule has 2 N–H and O–H groups in total. The van der Waals surface area contributed by atoms with Crippen LogP contribution in [0.4, 0.5) is 23.1 Å². The molecule has 0 bridgehead atoms. The van der Waals surface area contributed by atoms with Crippen LogP contribution in [0.3, 0.4) is 0 Å². The van der Waals surface area contributed by atoms with Crippen molar-refractivity contribution in [2.45, 2.75) is 6.92 Å². The summed E-state index contributed by atoms with van der Waals surface area (Å²) in [6.07, 6.45) is 1.67. The summed E-state index contributed by atoms with van der Waals surface area (Å²) >= 11 is 12.1. The lowest BCUT2D eigenvalue weighted by molar-refractivity contribution is 1.16. The number of aryl methyl sites for hydroxylation is 1. The first kappa shape index (κ1) is 15.6. The van der Waals surface area contributed by atoms with Gasteiger partial charge in [0.15, 0.2) is 0 Å². The van der Waals surface area contributed by atoms with E-state index in [1.54, 1.807) is 30.5 Å². The van der Waals surface area contributed by atoms with Gasteiger partial charge in [-0.25, -0.2) is 4.98 Å². The van der Waals surface area contributed by atoms with E-state index in [1.807, 2.05) is 31.2 Å². The first-order valence-electron chi connectivity index (χ1n) is 6.99. The van der Waals surface area contributed by atoms with Gasteiger partial charge < -0.3 is 10.6 Å². The molecule has 0 saturated heterocycles. The van der Waals surface area contributed by atoms with Crippen LogP contribution in [-0.4, -0.2) is 9.97 Å². The fraction of sp³-hybridized carbons (Fsp3) is 0.0588. The number of nitrogens with zero attached hydrogens (tertiary/aromatic N) is 2. The van der Waals surface area contributed by atoms with Crippen molar-refractivity contribution >= 4 is 46.3 Å². The van der Waals surface area contributed by atoms with Crippen molar-refractivity contribution in [1.29, 1.82) is 0 Å². The third-order valence-electron chi connectivity index (χ3n) is 3.12. The highest BCUT2D eigenvalue weighted by molar-refractivity contribution is 6.35. The lowest BCUT2D eigenvalue weighted by Gasteiger charge is -2.10. The largest absolute Gasteiger partial charge is 0.339 e. The van der Waals surface area contributed by atoms with Crippen molar-refractivity contribution in [3.63, 3.8) is 0 Å². The third-order valence-corrected chi connectivity index (χ3v) is 3.69. The molecule has 23 heavy (non-hydrogen) atoms. The van der Waals surface area contributed by atoms with Crippen molar-refractivity contribution in [3.05, 3.63) is 70.3 Å². The molecule has 2 aromatic carbocycles. The van der Waals surface area contributed by atoms with Gasteiger partial charge in [0.1, 0.15) is 5.82 Å². The van der Waals surface area contributed by atoms with Gasteiger partial charge in [-0.2, -0.15) is 4.98 Å². The molecule has 3 rings (SSSR count). The highest BCUT2D eigenvalue weighted by Gasteiger charge is 2.05. The Morgan fingerprint density at radius 2 is 1.83 bits per heavy atom. The number of hydrogen-bond acceptors (Lipinski definition) is 4. The highest BCUT2D eigenvalue weighted by atomic mass is 35.5. The normalized spacial score (nSPS) is 10.4. The van der Waals surface area contributed by atoms with Gasteiger partial charge in [0, 0.05) is 16.9 Å². The van der Waals surface area contributed by atoms with Gasteiger partial charge in [-0.1, -0.05) is 35.3 Å². The standard InChI is InChI=1S/C17H14Cl2N4/c1-11-3-2-4-13(9-11)21-17-20-8-7-16(23-17)22-15-10-12(18)5-6-14(15)19/h2-10H,1H3,(H2,20,21,22,23). The predicted molar refractivity (Wildman–Crippen MR) is 96.2 cm³/mol. The summed E-state index contributed by atoms with van der Waals surface area (Å²) < 4.78 is 0. The molecular formula is C17H14Cl2N4. The van der Waals surface area contributed by atoms with Gasteiger partial charge in [-0.05, 0) is 48.9 Å². The molecule has 0 spiro atoms. The molecule has 116 valence electrons. The van der Waals surface area contributed by atoms with Crippen LogP contribution in [-0.2, 0) is 0 Å². The molecular weight excluding hydrogens is 331 g/mol. The molecule has 1 heterocycles. The fourth-order valence-electron chi connectivity index (χ4n) is 2.07. The summed E-state index contributed by atoms with van der Waals surface area (Å²) in [6, 6.07) is 15.0. The Morgan fingerprint density at radius 3 is 2.65 bits per heavy atom. The van der Waals surface area contributed by atoms with E-state index in [0.29, 0.717) is 27.5 Å². The lowest BCUT2D eigenvalue weighted by Crippen LogP contribution is -2.00. The molecule has 6 heteroatoms. The zero-order valence-corrected chi connectivity index (χ0v) is 13.9. The maximum atomic E-state index is 6.15. The van der Waals surface area contributed by atoms with Crippen LogP contribution in [0.1, 0.15) is 5.56 Å². The van der Waals surface area contributed by atoms with E-state index in [1.165, 1.54) is 0 Å². The van der Waals surface area contributed by atoms with Crippen LogP contribution < -0.4 is 10.6 Å². The molecule has 0 saturated carbocycles. The summed E-state index contributed by atoms with van der Waals surface area (Å²) in [6.45, 7) is 2.03. The SMILES string of the molecule is Cc1cccc(Nc2nccc(Nc3cc(Cl)ccc3Cl)n2)c1. The Kier molecular flexibility index (Phi) is 4.65. The molecule has 0 unspecified atom stereocenters. The van der Waals surface area contributed by atoms with Crippen LogP contribution >= 0.6 is 23.2 Å².